The normalized spacial score (nSPS) is 11.6. The molecule has 0 bridgehead atoms. The predicted molar refractivity (Wildman–Crippen MR) is 147 cm³/mol. The van der Waals surface area contributed by atoms with Crippen LogP contribution in [0.3, 0.4) is 0 Å². The molecule has 0 atom stereocenters. The molecule has 5 aromatic heterocycles. The molecule has 0 amide bonds. The van der Waals surface area contributed by atoms with E-state index >= 15 is 0 Å². The number of hydrogen-bond donors (Lipinski definition) is 3. The number of pyridine rings is 3. The topological polar surface area (TPSA) is 111 Å². The minimum Gasteiger partial charge on any atom is -0.384 e. The number of likely N-dealkylation sites (N-methyl/N-ethyl adjacent to an activating group) is 1. The maximum atomic E-state index is 14.6. The van der Waals surface area contributed by atoms with Gasteiger partial charge in [-0.2, -0.15) is 5.10 Å². The van der Waals surface area contributed by atoms with E-state index in [0.29, 0.717) is 40.5 Å². The molecule has 0 radical (unpaired) electrons. The highest BCUT2D eigenvalue weighted by atomic mass is 19.1. The van der Waals surface area contributed by atoms with Crippen molar-refractivity contribution in [1.82, 2.24) is 40.0 Å². The second-order valence-electron chi connectivity index (χ2n) is 9.57. The summed E-state index contributed by atoms with van der Waals surface area (Å²) in [7, 11) is 4.00. The SMILES string of the molecule is Cc1cncc(-c2cnc3n[nH]c(-c4nc5c(-c6cc(F)cc(NCCN(C)C)c6)cncc5[nH]4)c3c2)c1. The number of rotatable bonds is 7. The summed E-state index contributed by atoms with van der Waals surface area (Å²) in [4.78, 5) is 23.5. The Morgan fingerprint density at radius 2 is 1.76 bits per heavy atom. The van der Waals surface area contributed by atoms with Gasteiger partial charge in [-0.25, -0.2) is 14.4 Å². The Balaban J connectivity index is 1.40. The number of nitrogens with one attached hydrogen (secondary N) is 3. The number of imidazole rings is 1. The zero-order chi connectivity index (χ0) is 26.2. The summed E-state index contributed by atoms with van der Waals surface area (Å²) < 4.78 is 14.6. The number of anilines is 1. The fourth-order valence-corrected chi connectivity index (χ4v) is 4.48. The lowest BCUT2D eigenvalue weighted by molar-refractivity contribution is 0.425. The van der Waals surface area contributed by atoms with Crippen LogP contribution in [-0.2, 0) is 0 Å². The summed E-state index contributed by atoms with van der Waals surface area (Å²) in [6.07, 6.45) is 8.85. The number of hydrogen-bond acceptors (Lipinski definition) is 7. The molecule has 0 saturated heterocycles. The smallest absolute Gasteiger partial charge is 0.181 e. The fourth-order valence-electron chi connectivity index (χ4n) is 4.48. The Morgan fingerprint density at radius 1 is 0.921 bits per heavy atom. The molecular formula is C28H26FN9. The lowest BCUT2D eigenvalue weighted by Crippen LogP contribution is -2.20. The number of benzene rings is 1. The Morgan fingerprint density at radius 3 is 2.61 bits per heavy atom. The van der Waals surface area contributed by atoms with E-state index in [4.69, 9.17) is 4.98 Å². The maximum Gasteiger partial charge on any atom is 0.181 e. The zero-order valence-electron chi connectivity index (χ0n) is 21.2. The standard InChI is InChI=1S/C28H26FN9/c1-16-6-18(12-30-11-16)19-9-22-26(36-37-27(22)33-13-19)28-34-24-15-31-14-23(25(24)35-28)17-7-20(29)10-21(8-17)32-4-5-38(2)3/h6-15,32H,4-5H2,1-3H3,(H,34,35)(H,33,36,37). The van der Waals surface area contributed by atoms with Crippen LogP contribution in [0.2, 0.25) is 0 Å². The van der Waals surface area contributed by atoms with Gasteiger partial charge >= 0.3 is 0 Å². The molecule has 6 rings (SSSR count). The van der Waals surface area contributed by atoms with E-state index in [1.807, 2.05) is 45.5 Å². The van der Waals surface area contributed by atoms with Gasteiger partial charge in [0.2, 0.25) is 0 Å². The average molecular weight is 508 g/mol. The van der Waals surface area contributed by atoms with Crippen LogP contribution >= 0.6 is 0 Å². The Bertz CT molecular complexity index is 1770. The van der Waals surface area contributed by atoms with Gasteiger partial charge in [-0.15, -0.1) is 0 Å². The fraction of sp³-hybridized carbons (Fsp3) is 0.179. The van der Waals surface area contributed by atoms with Crippen molar-refractivity contribution in [2.45, 2.75) is 6.92 Å². The summed E-state index contributed by atoms with van der Waals surface area (Å²) in [6.45, 7) is 3.54. The van der Waals surface area contributed by atoms with Crippen LogP contribution < -0.4 is 5.32 Å². The van der Waals surface area contributed by atoms with Crippen molar-refractivity contribution in [1.29, 1.82) is 0 Å². The van der Waals surface area contributed by atoms with Crippen molar-refractivity contribution < 1.29 is 4.39 Å². The van der Waals surface area contributed by atoms with Crippen LogP contribution in [0.15, 0.2) is 61.3 Å². The molecule has 0 saturated carbocycles. The van der Waals surface area contributed by atoms with Crippen LogP contribution in [-0.4, -0.2) is 67.2 Å². The maximum absolute atomic E-state index is 14.6. The molecule has 3 N–H and O–H groups in total. The molecule has 0 fully saturated rings. The van der Waals surface area contributed by atoms with Gasteiger partial charge in [0.25, 0.3) is 0 Å². The largest absolute Gasteiger partial charge is 0.384 e. The molecule has 6 aromatic rings. The Labute approximate surface area is 218 Å². The first-order valence-corrected chi connectivity index (χ1v) is 12.2. The van der Waals surface area contributed by atoms with E-state index in [1.165, 1.54) is 12.1 Å². The van der Waals surface area contributed by atoms with Gasteiger partial charge in [0, 0.05) is 60.3 Å². The average Bonchev–Trinajstić information content (AvgIpc) is 3.51. The molecule has 0 aliphatic rings. The Hall–Kier alpha value is -4.70. The second-order valence-corrected chi connectivity index (χ2v) is 9.57. The highest BCUT2D eigenvalue weighted by Gasteiger charge is 2.17. The van der Waals surface area contributed by atoms with Gasteiger partial charge in [0.15, 0.2) is 11.5 Å². The first kappa shape index (κ1) is 23.7. The number of aromatic nitrogens is 7. The van der Waals surface area contributed by atoms with E-state index in [9.17, 15) is 4.39 Å². The van der Waals surface area contributed by atoms with Crippen molar-refractivity contribution in [2.75, 3.05) is 32.5 Å². The molecule has 9 nitrogen and oxygen atoms in total. The molecule has 0 unspecified atom stereocenters. The number of halogens is 1. The number of aryl methyl sites for hydroxylation is 1. The van der Waals surface area contributed by atoms with Gasteiger partial charge in [-0.1, -0.05) is 0 Å². The minimum atomic E-state index is -0.327. The van der Waals surface area contributed by atoms with Crippen LogP contribution in [0, 0.1) is 12.7 Å². The van der Waals surface area contributed by atoms with Crippen LogP contribution in [0.1, 0.15) is 5.56 Å². The van der Waals surface area contributed by atoms with Crippen LogP contribution in [0.25, 0.3) is 55.8 Å². The molecule has 10 heteroatoms. The van der Waals surface area contributed by atoms with E-state index < -0.39 is 0 Å². The van der Waals surface area contributed by atoms with Gasteiger partial charge in [0.1, 0.15) is 11.5 Å². The Kier molecular flexibility index (Phi) is 6.01. The molecule has 0 aliphatic heterocycles. The lowest BCUT2D eigenvalue weighted by atomic mass is 10.1. The van der Waals surface area contributed by atoms with Crippen LogP contribution in [0.4, 0.5) is 10.1 Å². The minimum absolute atomic E-state index is 0.327. The van der Waals surface area contributed by atoms with Gasteiger partial charge in [-0.3, -0.25) is 15.1 Å². The molecule has 0 spiro atoms. The molecular weight excluding hydrogens is 481 g/mol. The summed E-state index contributed by atoms with van der Waals surface area (Å²) in [5, 5.41) is 11.6. The number of fused-ring (bicyclic) bond motifs is 2. The third-order valence-electron chi connectivity index (χ3n) is 6.35. The molecule has 0 aliphatic carbocycles. The number of aromatic amines is 2. The van der Waals surface area contributed by atoms with E-state index in [0.717, 1.165) is 39.7 Å². The number of nitrogens with zero attached hydrogens (tertiary/aromatic N) is 6. The molecule has 190 valence electrons. The molecule has 1 aromatic carbocycles. The molecule has 5 heterocycles. The van der Waals surface area contributed by atoms with Crippen LogP contribution in [0.5, 0.6) is 0 Å². The summed E-state index contributed by atoms with van der Waals surface area (Å²) in [5.74, 6) is 0.269. The monoisotopic (exact) mass is 507 g/mol. The lowest BCUT2D eigenvalue weighted by Gasteiger charge is -2.12. The van der Waals surface area contributed by atoms with E-state index in [-0.39, 0.29) is 5.82 Å². The number of H-pyrrole nitrogens is 2. The van der Waals surface area contributed by atoms with Gasteiger partial charge in [0.05, 0.1) is 22.6 Å². The third-order valence-corrected chi connectivity index (χ3v) is 6.35. The van der Waals surface area contributed by atoms with E-state index in [1.54, 1.807) is 18.6 Å². The third kappa shape index (κ3) is 4.57. The predicted octanol–water partition coefficient (Wildman–Crippen LogP) is 5.05. The first-order valence-electron chi connectivity index (χ1n) is 12.2. The quantitative estimate of drug-likeness (QED) is 0.277. The van der Waals surface area contributed by atoms with Crippen molar-refractivity contribution in [3.63, 3.8) is 0 Å². The highest BCUT2D eigenvalue weighted by Crippen LogP contribution is 2.33. The van der Waals surface area contributed by atoms with E-state index in [2.05, 4.69) is 46.4 Å². The van der Waals surface area contributed by atoms with Crippen molar-refractivity contribution in [2.24, 2.45) is 0 Å². The first-order chi connectivity index (χ1) is 18.4. The van der Waals surface area contributed by atoms with Gasteiger partial charge < -0.3 is 15.2 Å². The van der Waals surface area contributed by atoms with Crippen molar-refractivity contribution >= 4 is 27.8 Å². The summed E-state index contributed by atoms with van der Waals surface area (Å²) >= 11 is 0. The zero-order valence-corrected chi connectivity index (χ0v) is 21.2. The van der Waals surface area contributed by atoms with Crippen molar-refractivity contribution in [3.8, 4) is 33.8 Å². The van der Waals surface area contributed by atoms with Crippen molar-refractivity contribution in [3.05, 3.63) is 72.7 Å². The molecule has 38 heavy (non-hydrogen) atoms. The highest BCUT2D eigenvalue weighted by molar-refractivity contribution is 5.97. The summed E-state index contributed by atoms with van der Waals surface area (Å²) in [6, 6.07) is 9.01. The van der Waals surface area contributed by atoms with Gasteiger partial charge in [-0.05, 0) is 62.5 Å². The second kappa shape index (κ2) is 9.64. The summed E-state index contributed by atoms with van der Waals surface area (Å²) in [5.41, 5.74) is 7.83.